The molecule has 0 amide bonds. The molecule has 0 spiro atoms. The van der Waals surface area contributed by atoms with Gasteiger partial charge in [-0.1, -0.05) is 12.1 Å². The lowest BCUT2D eigenvalue weighted by molar-refractivity contribution is -0.137. The molecule has 1 unspecified atom stereocenters. The molecule has 0 radical (unpaired) electrons. The van der Waals surface area contributed by atoms with Crippen LogP contribution in [0.3, 0.4) is 0 Å². The molecule has 0 bridgehead atoms. The van der Waals surface area contributed by atoms with E-state index in [0.29, 0.717) is 18.7 Å². The van der Waals surface area contributed by atoms with E-state index in [4.69, 9.17) is 5.73 Å². The van der Waals surface area contributed by atoms with Gasteiger partial charge < -0.3 is 5.73 Å². The third kappa shape index (κ3) is 3.96. The molecule has 1 atom stereocenters. The van der Waals surface area contributed by atoms with Gasteiger partial charge in [-0.05, 0) is 17.7 Å². The number of sulfone groups is 1. The maximum absolute atomic E-state index is 12.8. The Labute approximate surface area is 121 Å². The Bertz CT molecular complexity index is 588. The molecule has 0 aliphatic carbocycles. The van der Waals surface area contributed by atoms with Crippen LogP contribution >= 0.6 is 0 Å². The first-order chi connectivity index (χ1) is 9.73. The molecule has 0 aromatic heterocycles. The Morgan fingerprint density at radius 2 is 1.86 bits per heavy atom. The summed E-state index contributed by atoms with van der Waals surface area (Å²) < 4.78 is 61.1. The van der Waals surface area contributed by atoms with E-state index in [2.05, 4.69) is 0 Å². The molecule has 1 aliphatic heterocycles. The van der Waals surface area contributed by atoms with Gasteiger partial charge in [-0.2, -0.15) is 13.2 Å². The van der Waals surface area contributed by atoms with Crippen molar-refractivity contribution in [2.24, 2.45) is 5.73 Å². The topological polar surface area (TPSA) is 63.4 Å². The molecule has 1 aromatic rings. The monoisotopic (exact) mass is 322 g/mol. The highest BCUT2D eigenvalue weighted by molar-refractivity contribution is 7.91. The smallest absolute Gasteiger partial charge is 0.329 e. The standard InChI is InChI=1S/C13H17F3N2O2S/c14-13(15,16)11-3-1-2-10(8-11)12(9-17)18-4-6-21(19,20)7-5-18/h1-3,8,12H,4-7,9,17H2. The molecule has 8 heteroatoms. The van der Waals surface area contributed by atoms with Crippen molar-refractivity contribution < 1.29 is 21.6 Å². The van der Waals surface area contributed by atoms with Gasteiger partial charge in [0.15, 0.2) is 9.84 Å². The number of rotatable bonds is 3. The van der Waals surface area contributed by atoms with Crippen LogP contribution in [0, 0.1) is 0 Å². The summed E-state index contributed by atoms with van der Waals surface area (Å²) in [5, 5.41) is 0. The Balaban J connectivity index is 2.22. The van der Waals surface area contributed by atoms with E-state index in [1.54, 1.807) is 6.07 Å². The second-order valence-electron chi connectivity index (χ2n) is 5.06. The maximum Gasteiger partial charge on any atom is 0.416 e. The van der Waals surface area contributed by atoms with Crippen LogP contribution in [0.15, 0.2) is 24.3 Å². The van der Waals surface area contributed by atoms with E-state index in [9.17, 15) is 21.6 Å². The normalized spacial score (nSPS) is 21.1. The van der Waals surface area contributed by atoms with Crippen LogP contribution in [0.5, 0.6) is 0 Å². The van der Waals surface area contributed by atoms with Crippen LogP contribution in [0.2, 0.25) is 0 Å². The lowest BCUT2D eigenvalue weighted by Crippen LogP contribution is -2.44. The number of nitrogens with zero attached hydrogens (tertiary/aromatic N) is 1. The van der Waals surface area contributed by atoms with Crippen LogP contribution in [0.25, 0.3) is 0 Å². The summed E-state index contributed by atoms with van der Waals surface area (Å²) in [6.45, 7) is 0.724. The summed E-state index contributed by atoms with van der Waals surface area (Å²) in [6.07, 6.45) is -4.40. The SMILES string of the molecule is NCC(c1cccc(C(F)(F)F)c1)N1CCS(=O)(=O)CC1. The summed E-state index contributed by atoms with van der Waals surface area (Å²) >= 11 is 0. The van der Waals surface area contributed by atoms with E-state index >= 15 is 0 Å². The Kier molecular flexibility index (Phi) is 4.60. The van der Waals surface area contributed by atoms with Gasteiger partial charge in [-0.3, -0.25) is 4.90 Å². The molecule has 2 rings (SSSR count). The van der Waals surface area contributed by atoms with Crippen molar-refractivity contribution in [1.29, 1.82) is 0 Å². The van der Waals surface area contributed by atoms with E-state index in [0.717, 1.165) is 12.1 Å². The average Bonchev–Trinajstić information content (AvgIpc) is 2.41. The maximum atomic E-state index is 12.8. The molecule has 1 heterocycles. The van der Waals surface area contributed by atoms with Crippen LogP contribution in [0.1, 0.15) is 17.2 Å². The fourth-order valence-electron chi connectivity index (χ4n) is 2.46. The molecule has 4 nitrogen and oxygen atoms in total. The number of alkyl halides is 3. The summed E-state index contributed by atoms with van der Waals surface area (Å²) in [6, 6.07) is 4.64. The minimum Gasteiger partial charge on any atom is -0.329 e. The summed E-state index contributed by atoms with van der Waals surface area (Å²) in [5.41, 5.74) is 5.44. The summed E-state index contributed by atoms with van der Waals surface area (Å²) in [5.74, 6) is 0.0327. The number of benzene rings is 1. The average molecular weight is 322 g/mol. The number of halogens is 3. The van der Waals surface area contributed by atoms with Crippen LogP contribution in [-0.2, 0) is 16.0 Å². The zero-order chi connectivity index (χ0) is 15.7. The molecule has 1 aliphatic rings. The van der Waals surface area contributed by atoms with E-state index in [1.807, 2.05) is 4.90 Å². The Morgan fingerprint density at radius 3 is 2.38 bits per heavy atom. The van der Waals surface area contributed by atoms with Crippen LogP contribution < -0.4 is 5.73 Å². The van der Waals surface area contributed by atoms with Crippen LogP contribution in [0.4, 0.5) is 13.2 Å². The predicted octanol–water partition coefficient (Wildman–Crippen LogP) is 1.44. The summed E-state index contributed by atoms with van der Waals surface area (Å²) in [4.78, 5) is 1.83. The third-order valence-corrected chi connectivity index (χ3v) is 5.25. The highest BCUT2D eigenvalue weighted by Crippen LogP contribution is 2.32. The number of hydrogen-bond acceptors (Lipinski definition) is 4. The Morgan fingerprint density at radius 1 is 1.24 bits per heavy atom. The zero-order valence-electron chi connectivity index (χ0n) is 11.3. The first-order valence-corrected chi connectivity index (χ1v) is 8.37. The fourth-order valence-corrected chi connectivity index (χ4v) is 3.69. The van der Waals surface area contributed by atoms with Gasteiger partial charge in [0, 0.05) is 25.7 Å². The minimum atomic E-state index is -4.40. The van der Waals surface area contributed by atoms with Gasteiger partial charge in [-0.15, -0.1) is 0 Å². The van der Waals surface area contributed by atoms with Gasteiger partial charge in [0.25, 0.3) is 0 Å². The number of hydrogen-bond donors (Lipinski definition) is 1. The first-order valence-electron chi connectivity index (χ1n) is 6.54. The molecule has 1 saturated heterocycles. The third-order valence-electron chi connectivity index (χ3n) is 3.64. The molecular weight excluding hydrogens is 305 g/mol. The van der Waals surface area contributed by atoms with Gasteiger partial charge in [-0.25, -0.2) is 8.42 Å². The van der Waals surface area contributed by atoms with Crippen molar-refractivity contribution in [2.75, 3.05) is 31.1 Å². The fraction of sp³-hybridized carbons (Fsp3) is 0.538. The molecule has 1 fully saturated rings. The molecule has 0 saturated carbocycles. The lowest BCUT2D eigenvalue weighted by atomic mass is 10.0. The highest BCUT2D eigenvalue weighted by atomic mass is 32.2. The van der Waals surface area contributed by atoms with Gasteiger partial charge in [0.1, 0.15) is 0 Å². The molecule has 21 heavy (non-hydrogen) atoms. The van der Waals surface area contributed by atoms with Gasteiger partial charge >= 0.3 is 6.18 Å². The molecule has 2 N–H and O–H groups in total. The van der Waals surface area contributed by atoms with Crippen molar-refractivity contribution in [3.05, 3.63) is 35.4 Å². The van der Waals surface area contributed by atoms with Crippen LogP contribution in [-0.4, -0.2) is 44.5 Å². The minimum absolute atomic E-state index is 0.0163. The quantitative estimate of drug-likeness (QED) is 0.914. The zero-order valence-corrected chi connectivity index (χ0v) is 12.1. The lowest BCUT2D eigenvalue weighted by Gasteiger charge is -2.34. The van der Waals surface area contributed by atoms with Crippen molar-refractivity contribution in [3.63, 3.8) is 0 Å². The molecular formula is C13H17F3N2O2S. The van der Waals surface area contributed by atoms with Gasteiger partial charge in [0.2, 0.25) is 0 Å². The van der Waals surface area contributed by atoms with Crippen molar-refractivity contribution in [2.45, 2.75) is 12.2 Å². The number of nitrogens with two attached hydrogens (primary N) is 1. The van der Waals surface area contributed by atoms with Crippen molar-refractivity contribution >= 4 is 9.84 Å². The second-order valence-corrected chi connectivity index (χ2v) is 7.37. The Hall–Kier alpha value is -1.12. The van der Waals surface area contributed by atoms with Crippen molar-refractivity contribution in [1.82, 2.24) is 4.90 Å². The molecule has 118 valence electrons. The summed E-state index contributed by atoms with van der Waals surface area (Å²) in [7, 11) is -3.03. The highest BCUT2D eigenvalue weighted by Gasteiger charge is 2.32. The van der Waals surface area contributed by atoms with E-state index in [-0.39, 0.29) is 18.1 Å². The van der Waals surface area contributed by atoms with E-state index in [1.165, 1.54) is 6.07 Å². The predicted molar refractivity (Wildman–Crippen MR) is 73.5 cm³/mol. The van der Waals surface area contributed by atoms with Gasteiger partial charge in [0.05, 0.1) is 17.1 Å². The first kappa shape index (κ1) is 16.3. The molecule has 1 aromatic carbocycles. The van der Waals surface area contributed by atoms with Crippen molar-refractivity contribution in [3.8, 4) is 0 Å². The van der Waals surface area contributed by atoms with E-state index < -0.39 is 27.6 Å². The second kappa shape index (κ2) is 5.94. The largest absolute Gasteiger partial charge is 0.416 e.